The zero-order chi connectivity index (χ0) is 22.9. The van der Waals surface area contributed by atoms with Crippen molar-refractivity contribution in [1.82, 2.24) is 4.90 Å². The summed E-state index contributed by atoms with van der Waals surface area (Å²) in [5.41, 5.74) is 0.0924. The molecule has 32 heavy (non-hydrogen) atoms. The number of ether oxygens (including phenoxy) is 1. The van der Waals surface area contributed by atoms with Crippen molar-refractivity contribution in [2.24, 2.45) is 5.41 Å². The first-order chi connectivity index (χ1) is 15.3. The first-order valence-electron chi connectivity index (χ1n) is 10.4. The predicted octanol–water partition coefficient (Wildman–Crippen LogP) is 6.05. The van der Waals surface area contributed by atoms with Crippen LogP contribution < -0.4 is 4.74 Å². The summed E-state index contributed by atoms with van der Waals surface area (Å²) >= 11 is 1.53. The van der Waals surface area contributed by atoms with E-state index < -0.39 is 23.1 Å². The monoisotopic (exact) mass is 447 g/mol. The lowest BCUT2D eigenvalue weighted by Gasteiger charge is -2.28. The number of aliphatic hydroxyl groups is 1. The second-order valence-electron chi connectivity index (χ2n) is 8.74. The van der Waals surface area contributed by atoms with Gasteiger partial charge in [0.25, 0.3) is 5.91 Å². The number of hydrogen-bond donors (Lipinski definition) is 1. The van der Waals surface area contributed by atoms with Crippen LogP contribution in [-0.4, -0.2) is 21.7 Å². The number of aliphatic hydroxyl groups excluding tert-OH is 1. The molecule has 4 rings (SSSR count). The number of carbonyl (C=O) groups is 2. The third-order valence-corrected chi connectivity index (χ3v) is 6.15. The van der Waals surface area contributed by atoms with E-state index in [1.54, 1.807) is 25.7 Å². The summed E-state index contributed by atoms with van der Waals surface area (Å²) in [6, 6.07) is 19.9. The number of ketones is 1. The van der Waals surface area contributed by atoms with Gasteiger partial charge in [-0.15, -0.1) is 11.3 Å². The summed E-state index contributed by atoms with van der Waals surface area (Å²) in [6.07, 6.45) is 0. The van der Waals surface area contributed by atoms with E-state index in [0.29, 0.717) is 23.6 Å². The van der Waals surface area contributed by atoms with Crippen LogP contribution in [0.4, 0.5) is 0 Å². The Morgan fingerprint density at radius 3 is 2.41 bits per heavy atom. The Kier molecular flexibility index (Phi) is 5.89. The van der Waals surface area contributed by atoms with Crippen molar-refractivity contribution >= 4 is 23.0 Å². The molecule has 1 unspecified atom stereocenters. The summed E-state index contributed by atoms with van der Waals surface area (Å²) < 4.78 is 5.97. The number of rotatable bonds is 6. The Morgan fingerprint density at radius 2 is 1.75 bits per heavy atom. The lowest BCUT2D eigenvalue weighted by Crippen LogP contribution is -2.32. The Morgan fingerprint density at radius 1 is 1.03 bits per heavy atom. The molecule has 0 bridgehead atoms. The molecule has 1 amide bonds. The minimum Gasteiger partial charge on any atom is -0.503 e. The quantitative estimate of drug-likeness (QED) is 0.499. The number of carbonyl (C=O) groups excluding carboxylic acids is 2. The summed E-state index contributed by atoms with van der Waals surface area (Å²) in [5.74, 6) is 0.0146. The second kappa shape index (κ2) is 8.63. The van der Waals surface area contributed by atoms with Gasteiger partial charge in [-0.3, -0.25) is 9.59 Å². The molecule has 2 heterocycles. The third kappa shape index (κ3) is 4.32. The smallest absolute Gasteiger partial charge is 0.290 e. The molecule has 0 aliphatic carbocycles. The lowest BCUT2D eigenvalue weighted by molar-refractivity contribution is -0.130. The molecule has 1 aliphatic heterocycles. The maximum Gasteiger partial charge on any atom is 0.290 e. The fourth-order valence-corrected chi connectivity index (χ4v) is 4.45. The number of Topliss-reactive ketones (excluding diaryl/α,β-unsaturated/α-hetero) is 1. The highest BCUT2D eigenvalue weighted by Gasteiger charge is 2.46. The van der Waals surface area contributed by atoms with Crippen molar-refractivity contribution in [3.05, 3.63) is 93.9 Å². The molecule has 164 valence electrons. The van der Waals surface area contributed by atoms with E-state index in [2.05, 4.69) is 0 Å². The van der Waals surface area contributed by atoms with E-state index in [-0.39, 0.29) is 11.4 Å². The van der Waals surface area contributed by atoms with Crippen molar-refractivity contribution in [3.63, 3.8) is 0 Å². The van der Waals surface area contributed by atoms with Crippen LogP contribution in [0, 0.1) is 5.41 Å². The fourth-order valence-electron chi connectivity index (χ4n) is 3.74. The molecule has 1 aromatic heterocycles. The molecule has 6 heteroatoms. The maximum atomic E-state index is 13.3. The minimum absolute atomic E-state index is 0.135. The van der Waals surface area contributed by atoms with Crippen LogP contribution in [0.1, 0.15) is 37.3 Å². The average molecular weight is 448 g/mol. The van der Waals surface area contributed by atoms with Gasteiger partial charge in [-0.25, -0.2) is 0 Å². The van der Waals surface area contributed by atoms with Crippen molar-refractivity contribution in [3.8, 4) is 11.5 Å². The van der Waals surface area contributed by atoms with Gasteiger partial charge in [0.1, 0.15) is 11.5 Å². The maximum absolute atomic E-state index is 13.3. The van der Waals surface area contributed by atoms with Gasteiger partial charge in [-0.1, -0.05) is 57.2 Å². The summed E-state index contributed by atoms with van der Waals surface area (Å²) in [7, 11) is 0. The molecule has 2 aromatic carbocycles. The van der Waals surface area contributed by atoms with Gasteiger partial charge in [-0.05, 0) is 41.3 Å². The standard InChI is InChI=1S/C26H25NO4S/c1-26(2,3)24(29)21-22(27(25(30)23(21)28)16-20-13-8-14-32-20)17-9-7-12-19(15-17)31-18-10-5-4-6-11-18/h4-15,22,28H,16H2,1-3H3. The molecular formula is C26H25NO4S. The highest BCUT2D eigenvalue weighted by atomic mass is 32.1. The van der Waals surface area contributed by atoms with Gasteiger partial charge in [0, 0.05) is 10.3 Å². The normalized spacial score (nSPS) is 16.5. The van der Waals surface area contributed by atoms with Crippen LogP contribution in [0.25, 0.3) is 0 Å². The number of para-hydroxylation sites is 1. The second-order valence-corrected chi connectivity index (χ2v) is 9.78. The Bertz CT molecular complexity index is 1160. The number of nitrogens with zero attached hydrogens (tertiary/aromatic N) is 1. The number of amides is 1. The van der Waals surface area contributed by atoms with Gasteiger partial charge < -0.3 is 14.7 Å². The molecule has 0 saturated heterocycles. The molecular weight excluding hydrogens is 422 g/mol. The zero-order valence-electron chi connectivity index (χ0n) is 18.2. The van der Waals surface area contributed by atoms with Gasteiger partial charge in [0.15, 0.2) is 11.5 Å². The highest BCUT2D eigenvalue weighted by molar-refractivity contribution is 7.09. The molecule has 1 aliphatic rings. The number of thiophene rings is 1. The molecule has 1 N–H and O–H groups in total. The van der Waals surface area contributed by atoms with E-state index in [4.69, 9.17) is 4.74 Å². The number of hydrogen-bond acceptors (Lipinski definition) is 5. The van der Waals surface area contributed by atoms with E-state index >= 15 is 0 Å². The molecule has 0 saturated carbocycles. The van der Waals surface area contributed by atoms with Gasteiger partial charge in [0.05, 0.1) is 18.2 Å². The van der Waals surface area contributed by atoms with Crippen molar-refractivity contribution in [1.29, 1.82) is 0 Å². The van der Waals surface area contributed by atoms with Crippen LogP contribution in [0.2, 0.25) is 0 Å². The Hall–Kier alpha value is -3.38. The van der Waals surface area contributed by atoms with Crippen molar-refractivity contribution in [2.75, 3.05) is 0 Å². The molecule has 0 spiro atoms. The molecule has 1 atom stereocenters. The minimum atomic E-state index is -0.751. The van der Waals surface area contributed by atoms with Crippen LogP contribution in [-0.2, 0) is 16.1 Å². The zero-order valence-corrected chi connectivity index (χ0v) is 19.1. The SMILES string of the molecule is CC(C)(C)C(=O)C1=C(O)C(=O)N(Cc2cccs2)C1c1cccc(Oc2ccccc2)c1. The molecule has 5 nitrogen and oxygen atoms in total. The molecule has 0 fully saturated rings. The van der Waals surface area contributed by atoms with E-state index in [1.165, 1.54) is 11.3 Å². The Balaban J connectivity index is 1.76. The van der Waals surface area contributed by atoms with E-state index in [1.807, 2.05) is 72.1 Å². The highest BCUT2D eigenvalue weighted by Crippen LogP contribution is 2.42. The topological polar surface area (TPSA) is 66.8 Å². The van der Waals surface area contributed by atoms with Crippen LogP contribution >= 0.6 is 11.3 Å². The largest absolute Gasteiger partial charge is 0.503 e. The molecule has 0 radical (unpaired) electrons. The van der Waals surface area contributed by atoms with E-state index in [0.717, 1.165) is 4.88 Å². The van der Waals surface area contributed by atoms with E-state index in [9.17, 15) is 14.7 Å². The molecule has 3 aromatic rings. The lowest BCUT2D eigenvalue weighted by atomic mass is 9.82. The van der Waals surface area contributed by atoms with Crippen molar-refractivity contribution in [2.45, 2.75) is 33.4 Å². The Labute approximate surface area is 191 Å². The first-order valence-corrected chi connectivity index (χ1v) is 11.3. The summed E-state index contributed by atoms with van der Waals surface area (Å²) in [6.45, 7) is 5.66. The van der Waals surface area contributed by atoms with Crippen LogP contribution in [0.5, 0.6) is 11.5 Å². The van der Waals surface area contributed by atoms with Crippen molar-refractivity contribution < 1.29 is 19.4 Å². The summed E-state index contributed by atoms with van der Waals surface area (Å²) in [5, 5.41) is 12.7. The van der Waals surface area contributed by atoms with Crippen LogP contribution in [0.15, 0.2) is 83.4 Å². The van der Waals surface area contributed by atoms with Gasteiger partial charge in [-0.2, -0.15) is 0 Å². The van der Waals surface area contributed by atoms with Gasteiger partial charge >= 0.3 is 0 Å². The predicted molar refractivity (Wildman–Crippen MR) is 125 cm³/mol. The first kappa shape index (κ1) is 21.8. The summed E-state index contributed by atoms with van der Waals surface area (Å²) in [4.78, 5) is 28.9. The third-order valence-electron chi connectivity index (χ3n) is 5.29. The fraction of sp³-hybridized carbons (Fsp3) is 0.231. The van der Waals surface area contributed by atoms with Gasteiger partial charge in [0.2, 0.25) is 0 Å². The van der Waals surface area contributed by atoms with Crippen LogP contribution in [0.3, 0.4) is 0 Å². The average Bonchev–Trinajstić information content (AvgIpc) is 3.36. The number of benzene rings is 2.